The summed E-state index contributed by atoms with van der Waals surface area (Å²) in [4.78, 5) is 25.7. The Kier molecular flexibility index (Phi) is 5.51. The fourth-order valence-electron chi connectivity index (χ4n) is 2.79. The summed E-state index contributed by atoms with van der Waals surface area (Å²) in [6.07, 6.45) is 0.794. The van der Waals surface area contributed by atoms with Crippen molar-refractivity contribution in [3.63, 3.8) is 0 Å². The van der Waals surface area contributed by atoms with E-state index in [1.165, 1.54) is 0 Å². The summed E-state index contributed by atoms with van der Waals surface area (Å²) in [6.45, 7) is 7.45. The number of rotatable bonds is 5. The van der Waals surface area contributed by atoms with Gasteiger partial charge in [-0.25, -0.2) is 4.79 Å². The van der Waals surface area contributed by atoms with E-state index in [9.17, 15) is 9.59 Å². The Labute approximate surface area is 135 Å². The van der Waals surface area contributed by atoms with E-state index in [0.29, 0.717) is 19.0 Å². The topological polar surface area (TPSA) is 57.6 Å². The van der Waals surface area contributed by atoms with Crippen LogP contribution in [0.15, 0.2) is 18.2 Å². The minimum Gasteiger partial charge on any atom is -0.478 e. The zero-order valence-corrected chi connectivity index (χ0v) is 14.2. The molecule has 1 N–H and O–H groups in total. The number of thioether (sulfide) groups is 1. The van der Waals surface area contributed by atoms with Gasteiger partial charge in [-0.05, 0) is 41.4 Å². The molecule has 4 nitrogen and oxygen atoms in total. The van der Waals surface area contributed by atoms with E-state index >= 15 is 0 Å². The van der Waals surface area contributed by atoms with Crippen molar-refractivity contribution in [2.45, 2.75) is 39.0 Å². The van der Waals surface area contributed by atoms with Crippen LogP contribution in [-0.4, -0.2) is 39.4 Å². The van der Waals surface area contributed by atoms with Crippen LogP contribution >= 0.6 is 11.8 Å². The molecule has 0 saturated carbocycles. The summed E-state index contributed by atoms with van der Waals surface area (Å²) in [5.41, 5.74) is 2.40. The first-order valence-electron chi connectivity index (χ1n) is 7.69. The van der Waals surface area contributed by atoms with Crippen LogP contribution in [0, 0.1) is 5.92 Å². The summed E-state index contributed by atoms with van der Waals surface area (Å²) < 4.78 is 0. The van der Waals surface area contributed by atoms with Crippen LogP contribution in [0.1, 0.15) is 42.3 Å². The summed E-state index contributed by atoms with van der Waals surface area (Å²) in [7, 11) is 0. The molecule has 0 fully saturated rings. The number of fused-ring (bicyclic) bond motifs is 1. The highest BCUT2D eigenvalue weighted by Crippen LogP contribution is 2.26. The molecule has 1 aromatic rings. The zero-order chi connectivity index (χ0) is 16.3. The number of amides is 1. The molecule has 1 aromatic carbocycles. The first-order chi connectivity index (χ1) is 10.4. The van der Waals surface area contributed by atoms with Gasteiger partial charge >= 0.3 is 5.97 Å². The Bertz CT molecular complexity index is 571. The van der Waals surface area contributed by atoms with Crippen molar-refractivity contribution < 1.29 is 14.7 Å². The van der Waals surface area contributed by atoms with Gasteiger partial charge in [0.15, 0.2) is 0 Å². The molecule has 1 unspecified atom stereocenters. The van der Waals surface area contributed by atoms with Crippen molar-refractivity contribution in [2.75, 3.05) is 12.3 Å². The Balaban J connectivity index is 2.18. The van der Waals surface area contributed by atoms with Crippen molar-refractivity contribution in [3.05, 3.63) is 34.9 Å². The highest BCUT2D eigenvalue weighted by atomic mass is 32.2. The summed E-state index contributed by atoms with van der Waals surface area (Å²) >= 11 is 1.69. The SMILES string of the molecule is CCSC(C(=O)N1CCc2ccc(C(=O)O)cc2C1)C(C)C. The third kappa shape index (κ3) is 3.64. The molecular formula is C17H23NO3S. The number of benzene rings is 1. The number of carboxylic acid groups (broad SMARTS) is 1. The normalized spacial score (nSPS) is 15.5. The van der Waals surface area contributed by atoms with Crippen molar-refractivity contribution in [1.82, 2.24) is 4.90 Å². The lowest BCUT2D eigenvalue weighted by Gasteiger charge is -2.33. The number of hydrogen-bond acceptors (Lipinski definition) is 3. The molecule has 0 aliphatic carbocycles. The maximum absolute atomic E-state index is 12.7. The van der Waals surface area contributed by atoms with Gasteiger partial charge in [0.25, 0.3) is 0 Å². The Hall–Kier alpha value is -1.49. The lowest BCUT2D eigenvalue weighted by molar-refractivity contribution is -0.132. The van der Waals surface area contributed by atoms with Crippen LogP contribution < -0.4 is 0 Å². The lowest BCUT2D eigenvalue weighted by Crippen LogP contribution is -2.42. The van der Waals surface area contributed by atoms with Gasteiger partial charge in [0.05, 0.1) is 10.8 Å². The van der Waals surface area contributed by atoms with Gasteiger partial charge < -0.3 is 10.0 Å². The van der Waals surface area contributed by atoms with E-state index in [0.717, 1.165) is 23.3 Å². The van der Waals surface area contributed by atoms with Crippen LogP contribution in [0.3, 0.4) is 0 Å². The number of aromatic carboxylic acids is 1. The highest BCUT2D eigenvalue weighted by molar-refractivity contribution is 8.00. The third-order valence-corrected chi connectivity index (χ3v) is 5.41. The standard InChI is InChI=1S/C17H23NO3S/c1-4-22-15(11(2)3)16(19)18-8-7-12-5-6-13(17(20)21)9-14(12)10-18/h5-6,9,11,15H,4,7-8,10H2,1-3H3,(H,20,21). The Morgan fingerprint density at radius 3 is 2.64 bits per heavy atom. The van der Waals surface area contributed by atoms with Gasteiger partial charge in [-0.2, -0.15) is 0 Å². The predicted molar refractivity (Wildman–Crippen MR) is 89.3 cm³/mol. The maximum atomic E-state index is 12.7. The largest absolute Gasteiger partial charge is 0.478 e. The van der Waals surface area contributed by atoms with Crippen LogP contribution in [0.25, 0.3) is 0 Å². The minimum atomic E-state index is -0.923. The second-order valence-corrected chi connectivity index (χ2v) is 7.34. The molecular weight excluding hydrogens is 298 g/mol. The van der Waals surface area contributed by atoms with E-state index in [4.69, 9.17) is 5.11 Å². The molecule has 1 heterocycles. The third-order valence-electron chi connectivity index (χ3n) is 3.97. The van der Waals surface area contributed by atoms with E-state index in [-0.39, 0.29) is 16.7 Å². The average Bonchev–Trinajstić information content (AvgIpc) is 2.50. The molecule has 5 heteroatoms. The molecule has 1 aliphatic rings. The number of carboxylic acids is 1. The fraction of sp³-hybridized carbons (Fsp3) is 0.529. The first-order valence-corrected chi connectivity index (χ1v) is 8.74. The second-order valence-electron chi connectivity index (χ2n) is 5.92. The predicted octanol–water partition coefficient (Wildman–Crippen LogP) is 3.05. The smallest absolute Gasteiger partial charge is 0.335 e. The maximum Gasteiger partial charge on any atom is 0.335 e. The molecule has 22 heavy (non-hydrogen) atoms. The van der Waals surface area contributed by atoms with E-state index in [1.807, 2.05) is 11.0 Å². The monoisotopic (exact) mass is 321 g/mol. The van der Waals surface area contributed by atoms with Crippen LogP contribution in [0.2, 0.25) is 0 Å². The van der Waals surface area contributed by atoms with Gasteiger partial charge in [0.2, 0.25) is 5.91 Å². The molecule has 1 aliphatic heterocycles. The highest BCUT2D eigenvalue weighted by Gasteiger charge is 2.29. The Morgan fingerprint density at radius 1 is 1.32 bits per heavy atom. The molecule has 120 valence electrons. The quantitative estimate of drug-likeness (QED) is 0.905. The van der Waals surface area contributed by atoms with Gasteiger partial charge in [0, 0.05) is 13.1 Å². The van der Waals surface area contributed by atoms with Crippen LogP contribution in [0.4, 0.5) is 0 Å². The van der Waals surface area contributed by atoms with E-state index < -0.39 is 5.97 Å². The van der Waals surface area contributed by atoms with Crippen molar-refractivity contribution >= 4 is 23.6 Å². The first kappa shape index (κ1) is 16.9. The molecule has 0 aromatic heterocycles. The fourth-order valence-corrected chi connectivity index (χ4v) is 3.82. The van der Waals surface area contributed by atoms with Gasteiger partial charge in [-0.3, -0.25) is 4.79 Å². The van der Waals surface area contributed by atoms with E-state index in [1.54, 1.807) is 23.9 Å². The minimum absolute atomic E-state index is 0.0193. The molecule has 0 bridgehead atoms. The summed E-state index contributed by atoms with van der Waals surface area (Å²) in [5.74, 6) is 0.465. The van der Waals surface area contributed by atoms with Crippen LogP contribution in [-0.2, 0) is 17.8 Å². The number of hydrogen-bond donors (Lipinski definition) is 1. The molecule has 0 radical (unpaired) electrons. The zero-order valence-electron chi connectivity index (χ0n) is 13.3. The van der Waals surface area contributed by atoms with Crippen LogP contribution in [0.5, 0.6) is 0 Å². The van der Waals surface area contributed by atoms with Gasteiger partial charge in [0.1, 0.15) is 0 Å². The van der Waals surface area contributed by atoms with Crippen molar-refractivity contribution in [1.29, 1.82) is 0 Å². The second kappa shape index (κ2) is 7.18. The molecule has 2 rings (SSSR count). The molecule has 1 atom stereocenters. The van der Waals surface area contributed by atoms with Crippen molar-refractivity contribution in [2.24, 2.45) is 5.92 Å². The molecule has 1 amide bonds. The number of nitrogens with zero attached hydrogens (tertiary/aromatic N) is 1. The summed E-state index contributed by atoms with van der Waals surface area (Å²) in [5, 5.41) is 9.09. The number of carbonyl (C=O) groups excluding carboxylic acids is 1. The number of carbonyl (C=O) groups is 2. The average molecular weight is 321 g/mol. The van der Waals surface area contributed by atoms with E-state index in [2.05, 4.69) is 20.8 Å². The molecule has 0 saturated heterocycles. The Morgan fingerprint density at radius 2 is 2.05 bits per heavy atom. The molecule has 0 spiro atoms. The van der Waals surface area contributed by atoms with Gasteiger partial charge in [-0.15, -0.1) is 11.8 Å². The van der Waals surface area contributed by atoms with Crippen molar-refractivity contribution in [3.8, 4) is 0 Å². The lowest BCUT2D eigenvalue weighted by atomic mass is 9.96. The summed E-state index contributed by atoms with van der Waals surface area (Å²) in [6, 6.07) is 5.22. The van der Waals surface area contributed by atoms with Gasteiger partial charge in [-0.1, -0.05) is 26.8 Å².